The fraction of sp³-hybridized carbons (Fsp3) is 0.579. The molecule has 2 amide bonds. The number of piperidine rings is 1. The van der Waals surface area contributed by atoms with Gasteiger partial charge in [-0.05, 0) is 37.8 Å². The average molecular weight is 330 g/mol. The molecule has 0 aromatic heterocycles. The summed E-state index contributed by atoms with van der Waals surface area (Å²) in [6.07, 6.45) is 4.65. The van der Waals surface area contributed by atoms with E-state index in [-0.39, 0.29) is 17.7 Å². The average Bonchev–Trinajstić information content (AvgIpc) is 3.02. The standard InChI is InChI=1S/C19H26N2O3/c1-3-15-7-4-5-10-20(15)19(23)14-11-18(22)21(13-14)16-8-6-9-17(12-16)24-2/h6,8-9,12,14-15H,3-5,7,10-11,13H2,1-2H3/t14-,15-/m1/s1. The summed E-state index contributed by atoms with van der Waals surface area (Å²) in [7, 11) is 1.61. The van der Waals surface area contributed by atoms with Crippen LogP contribution in [0.15, 0.2) is 24.3 Å². The molecule has 0 bridgehead atoms. The molecule has 0 N–H and O–H groups in total. The Morgan fingerprint density at radius 1 is 1.33 bits per heavy atom. The number of rotatable bonds is 4. The maximum atomic E-state index is 12.9. The van der Waals surface area contributed by atoms with E-state index >= 15 is 0 Å². The molecule has 1 aromatic carbocycles. The van der Waals surface area contributed by atoms with Crippen molar-refractivity contribution in [2.75, 3.05) is 25.1 Å². The zero-order chi connectivity index (χ0) is 17.1. The van der Waals surface area contributed by atoms with Crippen molar-refractivity contribution in [1.29, 1.82) is 0 Å². The number of methoxy groups -OCH3 is 1. The van der Waals surface area contributed by atoms with Crippen LogP contribution in [0.25, 0.3) is 0 Å². The van der Waals surface area contributed by atoms with Crippen molar-refractivity contribution >= 4 is 17.5 Å². The second kappa shape index (κ2) is 7.24. The van der Waals surface area contributed by atoms with Gasteiger partial charge in [0.1, 0.15) is 5.75 Å². The summed E-state index contributed by atoms with van der Waals surface area (Å²) in [5, 5.41) is 0. The first-order valence-electron chi connectivity index (χ1n) is 8.89. The molecule has 0 saturated carbocycles. The number of hydrogen-bond donors (Lipinski definition) is 0. The topological polar surface area (TPSA) is 49.9 Å². The Balaban J connectivity index is 1.72. The van der Waals surface area contributed by atoms with Gasteiger partial charge in [-0.15, -0.1) is 0 Å². The van der Waals surface area contributed by atoms with Gasteiger partial charge in [-0.25, -0.2) is 0 Å². The summed E-state index contributed by atoms with van der Waals surface area (Å²) in [5.74, 6) is 0.667. The van der Waals surface area contributed by atoms with E-state index in [1.807, 2.05) is 29.2 Å². The summed E-state index contributed by atoms with van der Waals surface area (Å²) in [5.41, 5.74) is 0.806. The van der Waals surface area contributed by atoms with Crippen LogP contribution < -0.4 is 9.64 Å². The molecular formula is C19H26N2O3. The number of nitrogens with zero attached hydrogens (tertiary/aromatic N) is 2. The number of anilines is 1. The van der Waals surface area contributed by atoms with Gasteiger partial charge in [0.05, 0.1) is 13.0 Å². The molecule has 2 aliphatic heterocycles. The fourth-order valence-corrected chi connectivity index (χ4v) is 3.85. The first-order chi connectivity index (χ1) is 11.6. The number of hydrogen-bond acceptors (Lipinski definition) is 3. The summed E-state index contributed by atoms with van der Waals surface area (Å²) in [6.45, 7) is 3.44. The van der Waals surface area contributed by atoms with Crippen molar-refractivity contribution in [3.63, 3.8) is 0 Å². The van der Waals surface area contributed by atoms with Crippen LogP contribution in [0, 0.1) is 5.92 Å². The van der Waals surface area contributed by atoms with Gasteiger partial charge in [-0.2, -0.15) is 0 Å². The van der Waals surface area contributed by atoms with Gasteiger partial charge >= 0.3 is 0 Å². The van der Waals surface area contributed by atoms with Crippen LogP contribution in [0.3, 0.4) is 0 Å². The Bertz CT molecular complexity index is 616. The smallest absolute Gasteiger partial charge is 0.228 e. The molecule has 0 radical (unpaired) electrons. The van der Waals surface area contributed by atoms with Crippen molar-refractivity contribution in [2.45, 2.75) is 45.1 Å². The first-order valence-corrected chi connectivity index (χ1v) is 8.89. The van der Waals surface area contributed by atoms with E-state index in [0.717, 1.165) is 37.2 Å². The van der Waals surface area contributed by atoms with Crippen LogP contribution in [0.5, 0.6) is 5.75 Å². The summed E-state index contributed by atoms with van der Waals surface area (Å²) >= 11 is 0. The predicted octanol–water partition coefficient (Wildman–Crippen LogP) is 2.84. The van der Waals surface area contributed by atoms with Crippen LogP contribution >= 0.6 is 0 Å². The first kappa shape index (κ1) is 16.8. The Morgan fingerprint density at radius 2 is 2.17 bits per heavy atom. The Labute approximate surface area is 143 Å². The van der Waals surface area contributed by atoms with Gasteiger partial charge in [0, 0.05) is 37.3 Å². The normalized spacial score (nSPS) is 24.3. The third-order valence-electron chi connectivity index (χ3n) is 5.22. The lowest BCUT2D eigenvalue weighted by atomic mass is 9.97. The van der Waals surface area contributed by atoms with Crippen molar-refractivity contribution < 1.29 is 14.3 Å². The van der Waals surface area contributed by atoms with E-state index < -0.39 is 0 Å². The van der Waals surface area contributed by atoms with E-state index in [2.05, 4.69) is 6.92 Å². The van der Waals surface area contributed by atoms with E-state index in [1.165, 1.54) is 6.42 Å². The molecule has 0 aliphatic carbocycles. The highest BCUT2D eigenvalue weighted by molar-refractivity contribution is 6.00. The van der Waals surface area contributed by atoms with Crippen LogP contribution in [-0.2, 0) is 9.59 Å². The number of carbonyl (C=O) groups is 2. The number of carbonyl (C=O) groups excluding carboxylic acids is 2. The van der Waals surface area contributed by atoms with E-state index in [9.17, 15) is 9.59 Å². The molecule has 0 spiro atoms. The molecule has 2 atom stereocenters. The van der Waals surface area contributed by atoms with E-state index in [1.54, 1.807) is 12.0 Å². The van der Waals surface area contributed by atoms with Crippen molar-refractivity contribution in [2.24, 2.45) is 5.92 Å². The second-order valence-electron chi connectivity index (χ2n) is 6.70. The highest BCUT2D eigenvalue weighted by Gasteiger charge is 2.39. The van der Waals surface area contributed by atoms with Crippen molar-refractivity contribution in [3.8, 4) is 5.75 Å². The highest BCUT2D eigenvalue weighted by Crippen LogP contribution is 2.30. The van der Waals surface area contributed by atoms with E-state index in [4.69, 9.17) is 4.74 Å². The molecular weight excluding hydrogens is 304 g/mol. The van der Waals surface area contributed by atoms with Crippen molar-refractivity contribution in [3.05, 3.63) is 24.3 Å². The molecule has 1 aromatic rings. The van der Waals surface area contributed by atoms with Gasteiger partial charge in [-0.3, -0.25) is 9.59 Å². The molecule has 2 aliphatic rings. The fourth-order valence-electron chi connectivity index (χ4n) is 3.85. The van der Waals surface area contributed by atoms with Gasteiger partial charge in [0.15, 0.2) is 0 Å². The summed E-state index contributed by atoms with van der Waals surface area (Å²) in [6, 6.07) is 7.80. The zero-order valence-electron chi connectivity index (χ0n) is 14.5. The SMILES string of the molecule is CC[C@@H]1CCCCN1C(=O)[C@@H]1CC(=O)N(c2cccc(OC)c2)C1. The van der Waals surface area contributed by atoms with Crippen LogP contribution in [0.2, 0.25) is 0 Å². The van der Waals surface area contributed by atoms with Crippen LogP contribution in [0.4, 0.5) is 5.69 Å². The molecule has 2 fully saturated rings. The maximum Gasteiger partial charge on any atom is 0.228 e. The third-order valence-corrected chi connectivity index (χ3v) is 5.22. The second-order valence-corrected chi connectivity index (χ2v) is 6.70. The number of likely N-dealkylation sites (tertiary alicyclic amines) is 1. The monoisotopic (exact) mass is 330 g/mol. The lowest BCUT2D eigenvalue weighted by molar-refractivity contribution is -0.139. The molecule has 5 nitrogen and oxygen atoms in total. The Morgan fingerprint density at radius 3 is 2.92 bits per heavy atom. The lowest BCUT2D eigenvalue weighted by Crippen LogP contribution is -2.46. The molecule has 5 heteroatoms. The van der Waals surface area contributed by atoms with Crippen LogP contribution in [-0.4, -0.2) is 43.0 Å². The Hall–Kier alpha value is -2.04. The minimum absolute atomic E-state index is 0.0201. The maximum absolute atomic E-state index is 12.9. The summed E-state index contributed by atoms with van der Waals surface area (Å²) in [4.78, 5) is 29.1. The third kappa shape index (κ3) is 3.25. The molecule has 2 heterocycles. The van der Waals surface area contributed by atoms with Gasteiger partial charge in [0.2, 0.25) is 11.8 Å². The van der Waals surface area contributed by atoms with Crippen LogP contribution in [0.1, 0.15) is 39.0 Å². The lowest BCUT2D eigenvalue weighted by Gasteiger charge is -2.36. The number of amides is 2. The largest absolute Gasteiger partial charge is 0.497 e. The molecule has 0 unspecified atom stereocenters. The molecule has 24 heavy (non-hydrogen) atoms. The summed E-state index contributed by atoms with van der Waals surface area (Å²) < 4.78 is 5.23. The van der Waals surface area contributed by atoms with Gasteiger partial charge < -0.3 is 14.5 Å². The van der Waals surface area contributed by atoms with Crippen molar-refractivity contribution in [1.82, 2.24) is 4.90 Å². The van der Waals surface area contributed by atoms with E-state index in [0.29, 0.717) is 19.0 Å². The number of benzene rings is 1. The quantitative estimate of drug-likeness (QED) is 0.853. The van der Waals surface area contributed by atoms with Gasteiger partial charge in [0.25, 0.3) is 0 Å². The van der Waals surface area contributed by atoms with Gasteiger partial charge in [-0.1, -0.05) is 13.0 Å². The highest BCUT2D eigenvalue weighted by atomic mass is 16.5. The number of ether oxygens (including phenoxy) is 1. The minimum atomic E-state index is -0.226. The minimum Gasteiger partial charge on any atom is -0.497 e. The zero-order valence-corrected chi connectivity index (χ0v) is 14.5. The predicted molar refractivity (Wildman–Crippen MR) is 93.1 cm³/mol. The molecule has 3 rings (SSSR count). The molecule has 2 saturated heterocycles. The molecule has 130 valence electrons. The Kier molecular flexibility index (Phi) is 5.07.